The fourth-order valence-corrected chi connectivity index (χ4v) is 4.03. The number of Topliss-reactive ketones (excluding diaryl/α,β-unsaturated/α-hetero) is 1. The first-order valence-electron chi connectivity index (χ1n) is 14.2. The number of hydrogen-bond donors (Lipinski definition) is 0. The van der Waals surface area contributed by atoms with Gasteiger partial charge in [0.05, 0.1) is 5.70 Å². The van der Waals surface area contributed by atoms with Crippen molar-refractivity contribution in [3.63, 3.8) is 0 Å². The van der Waals surface area contributed by atoms with E-state index in [1.165, 1.54) is 49.7 Å². The highest BCUT2D eigenvalue weighted by Crippen LogP contribution is 2.28. The van der Waals surface area contributed by atoms with Crippen LogP contribution in [-0.4, -0.2) is 12.0 Å². The van der Waals surface area contributed by atoms with Crippen LogP contribution in [-0.2, 0) is 4.79 Å². The highest BCUT2D eigenvalue weighted by Gasteiger charge is 2.15. The van der Waals surface area contributed by atoms with E-state index >= 15 is 0 Å². The van der Waals surface area contributed by atoms with Gasteiger partial charge in [0.15, 0.2) is 5.78 Å². The van der Waals surface area contributed by atoms with Crippen molar-refractivity contribution in [1.82, 2.24) is 0 Å². The van der Waals surface area contributed by atoms with Crippen molar-refractivity contribution in [3.05, 3.63) is 34.6 Å². The number of carbonyl (C=O) groups is 1. The van der Waals surface area contributed by atoms with Crippen LogP contribution < -0.4 is 0 Å². The van der Waals surface area contributed by atoms with Gasteiger partial charge in [-0.05, 0) is 62.0 Å². The first-order valence-corrected chi connectivity index (χ1v) is 14.2. The van der Waals surface area contributed by atoms with Gasteiger partial charge in [-0.25, -0.2) is 0 Å². The molecule has 0 N–H and O–H groups in total. The minimum Gasteiger partial charge on any atom is -0.294 e. The lowest BCUT2D eigenvalue weighted by atomic mass is 9.86. The highest BCUT2D eigenvalue weighted by atomic mass is 16.1. The lowest BCUT2D eigenvalue weighted by Crippen LogP contribution is -2.08. The van der Waals surface area contributed by atoms with Crippen molar-refractivity contribution in [1.29, 1.82) is 0 Å². The predicted octanol–water partition coefficient (Wildman–Crippen LogP) is 10.4. The predicted molar refractivity (Wildman–Crippen MR) is 154 cm³/mol. The second kappa shape index (κ2) is 17.9. The van der Waals surface area contributed by atoms with Crippen LogP contribution in [0.4, 0.5) is 0 Å². The van der Waals surface area contributed by atoms with Crippen LogP contribution >= 0.6 is 0 Å². The number of rotatable bonds is 17. The zero-order valence-electron chi connectivity index (χ0n) is 24.5. The Morgan fingerprint density at radius 1 is 0.912 bits per heavy atom. The number of hydrogen-bond acceptors (Lipinski definition) is 2. The van der Waals surface area contributed by atoms with E-state index in [1.54, 1.807) is 0 Å². The molecule has 0 aliphatic heterocycles. The normalized spacial score (nSPS) is 16.1. The monoisotopic (exact) mass is 471 g/mol. The lowest BCUT2D eigenvalue weighted by molar-refractivity contribution is -0.115. The summed E-state index contributed by atoms with van der Waals surface area (Å²) in [5.74, 6) is 1.54. The number of carbonyl (C=O) groups excluding carboxylic acids is 1. The summed E-state index contributed by atoms with van der Waals surface area (Å²) in [6, 6.07) is 0. The van der Waals surface area contributed by atoms with Gasteiger partial charge in [-0.3, -0.25) is 9.79 Å². The molecule has 2 nitrogen and oxygen atoms in total. The highest BCUT2D eigenvalue weighted by molar-refractivity contribution is 6.13. The van der Waals surface area contributed by atoms with Crippen LogP contribution in [0.15, 0.2) is 39.6 Å². The van der Waals surface area contributed by atoms with Crippen LogP contribution in [0, 0.1) is 17.3 Å². The molecular weight excluding hydrogens is 414 g/mol. The van der Waals surface area contributed by atoms with Gasteiger partial charge in [0.2, 0.25) is 0 Å². The van der Waals surface area contributed by atoms with Crippen molar-refractivity contribution in [3.8, 4) is 0 Å². The molecule has 0 aromatic carbocycles. The first-order chi connectivity index (χ1) is 16.0. The van der Waals surface area contributed by atoms with Crippen molar-refractivity contribution in [2.45, 2.75) is 140 Å². The molecule has 0 bridgehead atoms. The topological polar surface area (TPSA) is 29.4 Å². The third-order valence-electron chi connectivity index (χ3n) is 7.31. The van der Waals surface area contributed by atoms with Gasteiger partial charge in [-0.1, -0.05) is 112 Å². The molecule has 0 saturated carbocycles. The summed E-state index contributed by atoms with van der Waals surface area (Å²) in [4.78, 5) is 17.9. The van der Waals surface area contributed by atoms with E-state index in [0.29, 0.717) is 12.3 Å². The minimum atomic E-state index is 0.0984. The van der Waals surface area contributed by atoms with Crippen LogP contribution in [0.25, 0.3) is 0 Å². The lowest BCUT2D eigenvalue weighted by Gasteiger charge is -2.20. The van der Waals surface area contributed by atoms with Gasteiger partial charge in [-0.15, -0.1) is 0 Å². The Morgan fingerprint density at radius 3 is 2.09 bits per heavy atom. The van der Waals surface area contributed by atoms with E-state index in [0.717, 1.165) is 42.9 Å². The molecule has 0 radical (unpaired) electrons. The first kappa shape index (κ1) is 32.6. The van der Waals surface area contributed by atoms with E-state index in [2.05, 4.69) is 75.3 Å². The Labute approximate surface area is 213 Å². The summed E-state index contributed by atoms with van der Waals surface area (Å²) in [7, 11) is 0. The van der Waals surface area contributed by atoms with E-state index < -0.39 is 0 Å². The van der Waals surface area contributed by atoms with Crippen LogP contribution in [0.1, 0.15) is 140 Å². The molecule has 0 amide bonds. The number of allylic oxidation sites excluding steroid dienone is 5. The third kappa shape index (κ3) is 13.4. The zero-order chi connectivity index (χ0) is 26.1. The van der Waals surface area contributed by atoms with Crippen LogP contribution in [0.3, 0.4) is 0 Å². The maximum atomic E-state index is 13.0. The summed E-state index contributed by atoms with van der Waals surface area (Å²) >= 11 is 0. The summed E-state index contributed by atoms with van der Waals surface area (Å²) in [6.45, 7) is 22.2. The minimum absolute atomic E-state index is 0.0984. The van der Waals surface area contributed by atoms with E-state index in [4.69, 9.17) is 4.99 Å². The van der Waals surface area contributed by atoms with E-state index in [1.807, 2.05) is 12.3 Å². The Morgan fingerprint density at radius 2 is 1.56 bits per heavy atom. The molecule has 0 aliphatic rings. The molecule has 0 fully saturated rings. The molecule has 2 unspecified atom stereocenters. The Kier molecular flexibility index (Phi) is 17.2. The molecule has 0 rings (SSSR count). The Balaban J connectivity index is 5.41. The average molecular weight is 472 g/mol. The standard InChI is InChI=1S/C32H57NO/c1-11-15-20-28(18-12-2)21-16-17-22-31(34)29(19-13-3)24-33-30(27(7)25(5)14-4)23-26(6)32(8,9)10/h19,23-25,28H,11-18,20-22H2,1-10H3/b26-23+,29-19-,30-27+,33-24+. The molecule has 0 saturated heterocycles. The largest absolute Gasteiger partial charge is 0.294 e. The van der Waals surface area contributed by atoms with Crippen molar-refractivity contribution in [2.24, 2.45) is 22.2 Å². The summed E-state index contributed by atoms with van der Waals surface area (Å²) < 4.78 is 0. The molecule has 2 atom stereocenters. The van der Waals surface area contributed by atoms with Gasteiger partial charge in [0, 0.05) is 18.2 Å². The van der Waals surface area contributed by atoms with Gasteiger partial charge >= 0.3 is 0 Å². The summed E-state index contributed by atoms with van der Waals surface area (Å²) in [6.07, 6.45) is 18.6. The van der Waals surface area contributed by atoms with E-state index in [-0.39, 0.29) is 11.2 Å². The fraction of sp³-hybridized carbons (Fsp3) is 0.750. The second-order valence-electron chi connectivity index (χ2n) is 11.2. The molecule has 196 valence electrons. The number of nitrogens with zero attached hydrogens (tertiary/aromatic N) is 1. The quantitative estimate of drug-likeness (QED) is 0.0897. The summed E-state index contributed by atoms with van der Waals surface area (Å²) in [5.41, 5.74) is 4.48. The molecule has 0 aliphatic carbocycles. The summed E-state index contributed by atoms with van der Waals surface area (Å²) in [5, 5.41) is 0. The zero-order valence-corrected chi connectivity index (χ0v) is 24.5. The average Bonchev–Trinajstić information content (AvgIpc) is 2.79. The SMILES string of the molecule is CC/C=C(/C=N/C(/C=C(\C)C(C)(C)C)=C(\C)C(C)CC)C(=O)CCCCC(CCC)CCCC. The number of ketones is 1. The van der Waals surface area contributed by atoms with Crippen molar-refractivity contribution >= 4 is 12.0 Å². The number of unbranched alkanes of at least 4 members (excludes halogenated alkanes) is 2. The fourth-order valence-electron chi connectivity index (χ4n) is 4.03. The molecule has 2 heteroatoms. The Bertz CT molecular complexity index is 699. The molecule has 0 aromatic heterocycles. The molecular formula is C32H57NO. The van der Waals surface area contributed by atoms with Crippen LogP contribution in [0.2, 0.25) is 0 Å². The van der Waals surface area contributed by atoms with Gasteiger partial charge in [-0.2, -0.15) is 0 Å². The van der Waals surface area contributed by atoms with Crippen LogP contribution in [0.5, 0.6) is 0 Å². The smallest absolute Gasteiger partial charge is 0.164 e. The van der Waals surface area contributed by atoms with Crippen molar-refractivity contribution in [2.75, 3.05) is 0 Å². The maximum Gasteiger partial charge on any atom is 0.164 e. The van der Waals surface area contributed by atoms with Gasteiger partial charge in [0.1, 0.15) is 0 Å². The molecule has 0 aromatic rings. The van der Waals surface area contributed by atoms with Crippen molar-refractivity contribution < 1.29 is 4.79 Å². The Hall–Kier alpha value is -1.44. The van der Waals surface area contributed by atoms with E-state index in [9.17, 15) is 4.79 Å². The van der Waals surface area contributed by atoms with Gasteiger partial charge < -0.3 is 0 Å². The number of aliphatic imine (C=N–C) groups is 1. The molecule has 0 heterocycles. The molecule has 0 spiro atoms. The third-order valence-corrected chi connectivity index (χ3v) is 7.31. The maximum absolute atomic E-state index is 13.0. The molecule has 34 heavy (non-hydrogen) atoms. The second-order valence-corrected chi connectivity index (χ2v) is 11.2. The van der Waals surface area contributed by atoms with Gasteiger partial charge in [0.25, 0.3) is 0 Å².